The van der Waals surface area contributed by atoms with Crippen molar-refractivity contribution >= 4 is 94.9 Å². The van der Waals surface area contributed by atoms with Crippen LogP contribution in [0, 0.1) is 11.3 Å². The molecule has 8 rings (SSSR count). The van der Waals surface area contributed by atoms with Gasteiger partial charge in [0.15, 0.2) is 31.3 Å². The summed E-state index contributed by atoms with van der Waals surface area (Å²) in [4.78, 5) is 18.1. The molecule has 0 amide bonds. The molecule has 4 aromatic carbocycles. The normalized spacial score (nSPS) is 16.7. The molecule has 75 heavy (non-hydrogen) atoms. The molecular formula is C55H68Cl2N10O6S2. The molecule has 0 saturated carbocycles. The number of methoxy groups -OCH3 is 2. The third-order valence-corrected chi connectivity index (χ3v) is 19.3. The fourth-order valence-corrected chi connectivity index (χ4v) is 12.3. The summed E-state index contributed by atoms with van der Waals surface area (Å²) < 4.78 is 62.9. The lowest BCUT2D eigenvalue weighted by Crippen LogP contribution is -2.44. The molecule has 0 fully saturated rings. The highest BCUT2D eigenvalue weighted by atomic mass is 35.5. The quantitative estimate of drug-likeness (QED) is 0.0494. The molecule has 6 aromatic rings. The number of hydrogen-bond donors (Lipinski definition) is 6. The first-order chi connectivity index (χ1) is 35.3. The number of ether oxygens (including phenoxy) is 2. The number of aromatic nitrogens is 4. The van der Waals surface area contributed by atoms with Gasteiger partial charge in [0.2, 0.25) is 11.9 Å². The lowest BCUT2D eigenvalue weighted by molar-refractivity contribution is 0.284. The van der Waals surface area contributed by atoms with Crippen molar-refractivity contribution in [1.29, 1.82) is 5.41 Å². The number of rotatable bonds is 16. The first-order valence-corrected chi connectivity index (χ1v) is 28.7. The largest absolute Gasteiger partial charge is 0.495 e. The maximum absolute atomic E-state index is 12.9. The Hall–Kier alpha value is -6.05. The van der Waals surface area contributed by atoms with Crippen LogP contribution in [0.4, 0.5) is 46.3 Å². The number of nitrogens with one attached hydrogen (secondary N) is 5. The Kier molecular flexibility index (Phi) is 17.1. The molecule has 0 aliphatic heterocycles. The minimum absolute atomic E-state index is 0.0733. The summed E-state index contributed by atoms with van der Waals surface area (Å²) in [6.45, 7) is 17.2. The average molecular weight is 1100 g/mol. The van der Waals surface area contributed by atoms with Gasteiger partial charge in [-0.15, -0.1) is 0 Å². The number of sulfone groups is 2. The van der Waals surface area contributed by atoms with Crippen LogP contribution in [0.15, 0.2) is 95.0 Å². The molecule has 20 heteroatoms. The lowest BCUT2D eigenvalue weighted by atomic mass is 9.64. The maximum Gasteiger partial charge on any atom is 0.229 e. The number of benzene rings is 4. The molecule has 2 aliphatic rings. The molecule has 2 heterocycles. The molecule has 0 radical (unpaired) electrons. The predicted molar refractivity (Wildman–Crippen MR) is 303 cm³/mol. The van der Waals surface area contributed by atoms with Crippen molar-refractivity contribution in [3.05, 3.63) is 117 Å². The Morgan fingerprint density at radius 3 is 1.49 bits per heavy atom. The molecule has 7 N–H and O–H groups in total. The maximum atomic E-state index is 12.9. The summed E-state index contributed by atoms with van der Waals surface area (Å²) in [5, 5.41) is 20.0. The molecule has 2 unspecified atom stereocenters. The van der Waals surface area contributed by atoms with Crippen molar-refractivity contribution < 1.29 is 26.3 Å². The van der Waals surface area contributed by atoms with Gasteiger partial charge in [0, 0.05) is 17.2 Å². The number of halogens is 2. The van der Waals surface area contributed by atoms with Gasteiger partial charge in [0.1, 0.15) is 21.5 Å². The summed E-state index contributed by atoms with van der Waals surface area (Å²) in [5.41, 5.74) is 13.9. The van der Waals surface area contributed by atoms with E-state index in [9.17, 15) is 16.8 Å². The van der Waals surface area contributed by atoms with E-state index in [2.05, 4.69) is 87.1 Å². The van der Waals surface area contributed by atoms with Crippen molar-refractivity contribution in [3.63, 3.8) is 0 Å². The molecule has 2 aromatic heterocycles. The van der Waals surface area contributed by atoms with Gasteiger partial charge in [0.05, 0.1) is 69.7 Å². The van der Waals surface area contributed by atoms with E-state index in [-0.39, 0.29) is 60.2 Å². The third kappa shape index (κ3) is 12.2. The van der Waals surface area contributed by atoms with Crippen LogP contribution in [0.5, 0.6) is 11.5 Å². The minimum atomic E-state index is -3.53. The topological polar surface area (TPSA) is 236 Å². The highest BCUT2D eigenvalue weighted by Gasteiger charge is 2.38. The van der Waals surface area contributed by atoms with Gasteiger partial charge in [-0.25, -0.2) is 26.8 Å². The Labute approximate surface area is 451 Å². The van der Waals surface area contributed by atoms with Crippen molar-refractivity contribution in [1.82, 2.24) is 19.9 Å². The van der Waals surface area contributed by atoms with Gasteiger partial charge < -0.3 is 41.9 Å². The van der Waals surface area contributed by atoms with Crippen LogP contribution >= 0.6 is 23.2 Å². The second-order valence-corrected chi connectivity index (χ2v) is 26.4. The fraction of sp³-hybridized carbons (Fsp3) is 0.400. The summed E-state index contributed by atoms with van der Waals surface area (Å²) in [7, 11) is -3.81. The van der Waals surface area contributed by atoms with Crippen LogP contribution in [0.3, 0.4) is 0 Å². The highest BCUT2D eigenvalue weighted by molar-refractivity contribution is 7.92. The number of aryl methyl sites for hydroxylation is 2. The van der Waals surface area contributed by atoms with Gasteiger partial charge in [-0.1, -0.05) is 75.2 Å². The van der Waals surface area contributed by atoms with Crippen LogP contribution in [-0.2, 0) is 43.3 Å². The lowest BCUT2D eigenvalue weighted by Gasteiger charge is -2.41. The third-order valence-electron chi connectivity index (χ3n) is 14.3. The van der Waals surface area contributed by atoms with E-state index in [0.29, 0.717) is 34.5 Å². The van der Waals surface area contributed by atoms with Crippen molar-refractivity contribution in [2.45, 2.75) is 132 Å². The molecule has 2 aliphatic carbocycles. The predicted octanol–water partition coefficient (Wildman–Crippen LogP) is 12.4. The fourth-order valence-electron chi connectivity index (χ4n) is 9.57. The van der Waals surface area contributed by atoms with Crippen LogP contribution in [0.2, 0.25) is 10.0 Å². The zero-order valence-electron chi connectivity index (χ0n) is 44.3. The van der Waals surface area contributed by atoms with E-state index >= 15 is 0 Å². The number of fused-ring (bicyclic) bond motifs is 2. The van der Waals surface area contributed by atoms with Crippen LogP contribution in [0.1, 0.15) is 104 Å². The second kappa shape index (κ2) is 22.7. The summed E-state index contributed by atoms with van der Waals surface area (Å²) in [6.07, 6.45) is 7.40. The first-order valence-electron chi connectivity index (χ1n) is 24.8. The van der Waals surface area contributed by atoms with Crippen LogP contribution in [0.25, 0.3) is 0 Å². The van der Waals surface area contributed by atoms with Gasteiger partial charge in [-0.3, -0.25) is 0 Å². The number of nitrogens with zero attached hydrogens (tertiary/aromatic N) is 4. The molecule has 16 nitrogen and oxygen atoms in total. The SMILES string of the molecule is COc1cc2c(cc1Nc1ncc(Cl)c(Nc3ccccc3S(=O)(=O)C(C)C)n1)CCC(CC(C)=N)C2(C)C.COc1cc2c(cc1Nc1ncc(Cl)c(Nc3ccccc3S(=O)(=O)C(C)C)n1)CCC(N)C2(C)C. The Balaban J connectivity index is 0.000000219. The number of para-hydroxylation sites is 2. The molecule has 0 spiro atoms. The van der Waals surface area contributed by atoms with E-state index in [1.165, 1.54) is 34.6 Å². The molecule has 0 bridgehead atoms. The number of anilines is 8. The Morgan fingerprint density at radius 1 is 0.667 bits per heavy atom. The van der Waals surface area contributed by atoms with Crippen molar-refractivity contribution in [3.8, 4) is 11.5 Å². The zero-order chi connectivity index (χ0) is 54.8. The Bertz CT molecular complexity index is 3340. The summed E-state index contributed by atoms with van der Waals surface area (Å²) in [6, 6.07) is 21.7. The monoisotopic (exact) mass is 1100 g/mol. The van der Waals surface area contributed by atoms with Gasteiger partial charge >= 0.3 is 0 Å². The van der Waals surface area contributed by atoms with Gasteiger partial charge in [0.25, 0.3) is 0 Å². The number of hydrogen-bond acceptors (Lipinski definition) is 16. The Morgan fingerprint density at radius 2 is 1.08 bits per heavy atom. The zero-order valence-corrected chi connectivity index (χ0v) is 47.5. The van der Waals surface area contributed by atoms with E-state index in [1.54, 1.807) is 90.4 Å². The van der Waals surface area contributed by atoms with Crippen LogP contribution < -0.4 is 36.5 Å². The second-order valence-electron chi connectivity index (χ2n) is 20.7. The van der Waals surface area contributed by atoms with Gasteiger partial charge in [-0.05, 0) is 149 Å². The molecule has 0 saturated heterocycles. The highest BCUT2D eigenvalue weighted by Crippen LogP contribution is 2.47. The standard InChI is InChI=1S/C29H36ClN5O3S.C26H32ClN5O3S/c1-17(2)39(36,37)26-10-8-7-9-23(26)33-27-22(30)16-32-28(35-27)34-24-14-19-11-12-20(13-18(3)31)29(4,5)21(19)15-25(24)38-6;1-15(2)36(33,34)22-9-7-6-8-19(22)30-24-18(27)14-29-25(32-24)31-20-12-16-10-11-23(28)26(3,4)17(16)13-21(20)35-5/h7-10,14-17,20,31H,11-13H2,1-6H3,(H2,32,33,34,35);6-9,12-15,23H,10-11,28H2,1-5H3,(H2,29,30,31,32). The van der Waals surface area contributed by atoms with E-state index < -0.39 is 30.2 Å². The van der Waals surface area contributed by atoms with E-state index in [0.717, 1.165) is 43.5 Å². The van der Waals surface area contributed by atoms with E-state index in [1.807, 2.05) is 13.0 Å². The van der Waals surface area contributed by atoms with Gasteiger partial charge in [-0.2, -0.15) is 9.97 Å². The van der Waals surface area contributed by atoms with Crippen molar-refractivity contribution in [2.24, 2.45) is 11.7 Å². The molecular weight excluding hydrogens is 1030 g/mol. The molecule has 2 atom stereocenters. The number of nitrogens with two attached hydrogens (primary N) is 1. The van der Waals surface area contributed by atoms with Crippen LogP contribution in [-0.4, -0.2) is 73.2 Å². The molecule has 400 valence electrons. The first kappa shape index (κ1) is 56.7. The summed E-state index contributed by atoms with van der Waals surface area (Å²) >= 11 is 12.8. The average Bonchev–Trinajstić information content (AvgIpc) is 3.36. The smallest absolute Gasteiger partial charge is 0.229 e. The summed E-state index contributed by atoms with van der Waals surface area (Å²) in [5.74, 6) is 2.84. The van der Waals surface area contributed by atoms with Crippen molar-refractivity contribution in [2.75, 3.05) is 35.5 Å². The van der Waals surface area contributed by atoms with E-state index in [4.69, 9.17) is 43.8 Å². The minimum Gasteiger partial charge on any atom is -0.495 e.